The van der Waals surface area contributed by atoms with Gasteiger partial charge in [0.1, 0.15) is 0 Å². The summed E-state index contributed by atoms with van der Waals surface area (Å²) in [6, 6.07) is 8.29. The molecule has 0 amide bonds. The van der Waals surface area contributed by atoms with Crippen molar-refractivity contribution < 1.29 is 0 Å². The first-order valence-corrected chi connectivity index (χ1v) is 4.92. The number of rotatable bonds is 1. The Labute approximate surface area is 82.8 Å². The number of hydrogen-bond donors (Lipinski definition) is 1. The SMILES string of the molecule is NC1(c2cncc3ccccc23)CC1. The van der Waals surface area contributed by atoms with Gasteiger partial charge in [-0.1, -0.05) is 24.3 Å². The summed E-state index contributed by atoms with van der Waals surface area (Å²) in [4.78, 5) is 4.24. The zero-order valence-electron chi connectivity index (χ0n) is 7.90. The molecule has 2 nitrogen and oxygen atoms in total. The summed E-state index contributed by atoms with van der Waals surface area (Å²) in [5.41, 5.74) is 7.31. The van der Waals surface area contributed by atoms with E-state index in [4.69, 9.17) is 5.73 Å². The minimum atomic E-state index is -0.0894. The molecule has 1 aromatic heterocycles. The molecule has 0 spiro atoms. The van der Waals surface area contributed by atoms with Crippen molar-refractivity contribution in [1.82, 2.24) is 4.98 Å². The molecular formula is C12H12N2. The number of fused-ring (bicyclic) bond motifs is 1. The molecule has 2 N–H and O–H groups in total. The highest BCUT2D eigenvalue weighted by molar-refractivity contribution is 5.85. The Balaban J connectivity index is 2.33. The van der Waals surface area contributed by atoms with E-state index in [0.29, 0.717) is 0 Å². The fraction of sp³-hybridized carbons (Fsp3) is 0.250. The van der Waals surface area contributed by atoms with E-state index in [2.05, 4.69) is 23.2 Å². The van der Waals surface area contributed by atoms with Crippen LogP contribution in [0.5, 0.6) is 0 Å². The number of nitrogens with zero attached hydrogens (tertiary/aromatic N) is 1. The topological polar surface area (TPSA) is 38.9 Å². The second-order valence-electron chi connectivity index (χ2n) is 4.06. The molecule has 0 radical (unpaired) electrons. The molecule has 2 aromatic rings. The maximum atomic E-state index is 6.19. The van der Waals surface area contributed by atoms with Gasteiger partial charge in [0.15, 0.2) is 0 Å². The van der Waals surface area contributed by atoms with Crippen molar-refractivity contribution in [3.63, 3.8) is 0 Å². The third-order valence-electron chi connectivity index (χ3n) is 2.99. The number of benzene rings is 1. The summed E-state index contributed by atoms with van der Waals surface area (Å²) < 4.78 is 0. The lowest BCUT2D eigenvalue weighted by molar-refractivity contribution is 0.743. The van der Waals surface area contributed by atoms with E-state index in [1.165, 1.54) is 16.3 Å². The maximum absolute atomic E-state index is 6.19. The van der Waals surface area contributed by atoms with Gasteiger partial charge in [-0.05, 0) is 23.8 Å². The third kappa shape index (κ3) is 1.04. The highest BCUT2D eigenvalue weighted by Gasteiger charge is 2.41. The van der Waals surface area contributed by atoms with E-state index in [0.717, 1.165) is 12.8 Å². The average molecular weight is 184 g/mol. The van der Waals surface area contributed by atoms with Crippen molar-refractivity contribution in [2.45, 2.75) is 18.4 Å². The summed E-state index contributed by atoms with van der Waals surface area (Å²) in [6.45, 7) is 0. The number of aromatic nitrogens is 1. The van der Waals surface area contributed by atoms with Gasteiger partial charge in [-0.2, -0.15) is 0 Å². The van der Waals surface area contributed by atoms with Gasteiger partial charge in [0.2, 0.25) is 0 Å². The fourth-order valence-corrected chi connectivity index (χ4v) is 1.92. The molecule has 3 rings (SSSR count). The lowest BCUT2D eigenvalue weighted by Gasteiger charge is -2.11. The Morgan fingerprint density at radius 3 is 2.71 bits per heavy atom. The molecule has 1 heterocycles. The van der Waals surface area contributed by atoms with Crippen LogP contribution in [-0.4, -0.2) is 4.98 Å². The van der Waals surface area contributed by atoms with Crippen LogP contribution in [0.3, 0.4) is 0 Å². The fourth-order valence-electron chi connectivity index (χ4n) is 1.92. The minimum absolute atomic E-state index is 0.0894. The van der Waals surface area contributed by atoms with Crippen LogP contribution >= 0.6 is 0 Å². The average Bonchev–Trinajstić information content (AvgIpc) is 2.97. The molecule has 0 aliphatic heterocycles. The lowest BCUT2D eigenvalue weighted by atomic mass is 10.0. The normalized spacial score (nSPS) is 18.4. The van der Waals surface area contributed by atoms with Gasteiger partial charge >= 0.3 is 0 Å². The molecule has 0 bridgehead atoms. The molecule has 0 unspecified atom stereocenters. The highest BCUT2D eigenvalue weighted by Crippen LogP contribution is 2.44. The van der Waals surface area contributed by atoms with Gasteiger partial charge in [0, 0.05) is 23.3 Å². The number of hydrogen-bond acceptors (Lipinski definition) is 2. The zero-order valence-corrected chi connectivity index (χ0v) is 7.90. The molecule has 1 aromatic carbocycles. The van der Waals surface area contributed by atoms with Crippen LogP contribution < -0.4 is 5.73 Å². The Morgan fingerprint density at radius 2 is 1.93 bits per heavy atom. The van der Waals surface area contributed by atoms with Gasteiger partial charge in [-0.15, -0.1) is 0 Å². The summed E-state index contributed by atoms with van der Waals surface area (Å²) in [7, 11) is 0. The molecule has 1 fully saturated rings. The van der Waals surface area contributed by atoms with Crippen molar-refractivity contribution in [3.05, 3.63) is 42.2 Å². The molecule has 70 valence electrons. The van der Waals surface area contributed by atoms with Crippen molar-refractivity contribution in [1.29, 1.82) is 0 Å². The van der Waals surface area contributed by atoms with Crippen LogP contribution in [0.25, 0.3) is 10.8 Å². The summed E-state index contributed by atoms with van der Waals surface area (Å²) in [5, 5.41) is 2.43. The van der Waals surface area contributed by atoms with E-state index in [1.54, 1.807) is 0 Å². The largest absolute Gasteiger partial charge is 0.321 e. The summed E-state index contributed by atoms with van der Waals surface area (Å²) in [5.74, 6) is 0. The molecule has 1 aliphatic rings. The van der Waals surface area contributed by atoms with Crippen LogP contribution in [0.4, 0.5) is 0 Å². The zero-order chi connectivity index (χ0) is 9.60. The highest BCUT2D eigenvalue weighted by atomic mass is 14.8. The molecule has 2 heteroatoms. The predicted octanol–water partition coefficient (Wildman–Crippen LogP) is 2.18. The molecule has 0 atom stereocenters. The monoisotopic (exact) mass is 184 g/mol. The molecular weight excluding hydrogens is 172 g/mol. The second kappa shape index (κ2) is 2.55. The summed E-state index contributed by atoms with van der Waals surface area (Å²) >= 11 is 0. The van der Waals surface area contributed by atoms with E-state index < -0.39 is 0 Å². The minimum Gasteiger partial charge on any atom is -0.321 e. The van der Waals surface area contributed by atoms with E-state index >= 15 is 0 Å². The van der Waals surface area contributed by atoms with Crippen molar-refractivity contribution in [2.24, 2.45) is 5.73 Å². The molecule has 0 saturated heterocycles. The number of pyridine rings is 1. The molecule has 1 saturated carbocycles. The first-order chi connectivity index (χ1) is 6.80. The Morgan fingerprint density at radius 1 is 1.14 bits per heavy atom. The van der Waals surface area contributed by atoms with Gasteiger partial charge in [-0.3, -0.25) is 4.98 Å². The summed E-state index contributed by atoms with van der Waals surface area (Å²) in [6.07, 6.45) is 5.98. The maximum Gasteiger partial charge on any atom is 0.0432 e. The van der Waals surface area contributed by atoms with Gasteiger partial charge in [0.25, 0.3) is 0 Å². The lowest BCUT2D eigenvalue weighted by Crippen LogP contribution is -2.19. The van der Waals surface area contributed by atoms with E-state index in [9.17, 15) is 0 Å². The third-order valence-corrected chi connectivity index (χ3v) is 2.99. The van der Waals surface area contributed by atoms with Crippen LogP contribution in [0.1, 0.15) is 18.4 Å². The van der Waals surface area contributed by atoms with Crippen LogP contribution in [0.2, 0.25) is 0 Å². The van der Waals surface area contributed by atoms with Crippen LogP contribution in [0, 0.1) is 0 Å². The second-order valence-corrected chi connectivity index (χ2v) is 4.06. The standard InChI is InChI=1S/C12H12N2/c13-12(5-6-12)11-8-14-7-9-3-1-2-4-10(9)11/h1-4,7-8H,5-6,13H2. The Bertz CT molecular complexity index is 481. The Kier molecular flexibility index (Phi) is 1.45. The van der Waals surface area contributed by atoms with Crippen molar-refractivity contribution in [2.75, 3.05) is 0 Å². The predicted molar refractivity (Wildman–Crippen MR) is 56.8 cm³/mol. The van der Waals surface area contributed by atoms with E-state index in [-0.39, 0.29) is 5.54 Å². The van der Waals surface area contributed by atoms with Crippen LogP contribution in [-0.2, 0) is 5.54 Å². The first kappa shape index (κ1) is 7.94. The molecule has 1 aliphatic carbocycles. The van der Waals surface area contributed by atoms with E-state index in [1.807, 2.05) is 18.5 Å². The van der Waals surface area contributed by atoms with Gasteiger partial charge in [0.05, 0.1) is 0 Å². The smallest absolute Gasteiger partial charge is 0.0432 e. The van der Waals surface area contributed by atoms with Crippen LogP contribution in [0.15, 0.2) is 36.7 Å². The van der Waals surface area contributed by atoms with Gasteiger partial charge < -0.3 is 5.73 Å². The Hall–Kier alpha value is -1.41. The van der Waals surface area contributed by atoms with Gasteiger partial charge in [-0.25, -0.2) is 0 Å². The van der Waals surface area contributed by atoms with Crippen molar-refractivity contribution >= 4 is 10.8 Å². The first-order valence-electron chi connectivity index (χ1n) is 4.92. The number of nitrogens with two attached hydrogens (primary N) is 1. The van der Waals surface area contributed by atoms with Crippen molar-refractivity contribution in [3.8, 4) is 0 Å². The molecule has 14 heavy (non-hydrogen) atoms. The quantitative estimate of drug-likeness (QED) is 0.737.